The Balaban J connectivity index is 2.74. The van der Waals surface area contributed by atoms with Gasteiger partial charge >= 0.3 is 0 Å². The summed E-state index contributed by atoms with van der Waals surface area (Å²) in [5.74, 6) is 0.575. The molecule has 0 radical (unpaired) electrons. The zero-order valence-electron chi connectivity index (χ0n) is 10.1. The molecule has 1 heterocycles. The summed E-state index contributed by atoms with van der Waals surface area (Å²) < 4.78 is 0.979. The predicted octanol–water partition coefficient (Wildman–Crippen LogP) is 1.14. The predicted molar refractivity (Wildman–Crippen MR) is 71.5 cm³/mol. The van der Waals surface area contributed by atoms with Gasteiger partial charge in [-0.25, -0.2) is 0 Å². The summed E-state index contributed by atoms with van der Waals surface area (Å²) >= 11 is 2.30. The first-order valence-electron chi connectivity index (χ1n) is 5.57. The first-order valence-corrected chi connectivity index (χ1v) is 7.10. The number of hydrogen-bond acceptors (Lipinski definition) is 2. The van der Waals surface area contributed by atoms with Crippen LogP contribution >= 0.6 is 22.6 Å². The Morgan fingerprint density at radius 2 is 2.25 bits per heavy atom. The second kappa shape index (κ2) is 5.84. The number of carbonyl (C=O) groups is 2. The van der Waals surface area contributed by atoms with Crippen LogP contribution in [0.5, 0.6) is 0 Å². The van der Waals surface area contributed by atoms with E-state index in [4.69, 9.17) is 0 Å². The molecule has 0 bridgehead atoms. The molecule has 4 nitrogen and oxygen atoms in total. The van der Waals surface area contributed by atoms with Crippen molar-refractivity contribution in [3.05, 3.63) is 0 Å². The summed E-state index contributed by atoms with van der Waals surface area (Å²) in [5, 5.41) is 0. The van der Waals surface area contributed by atoms with E-state index in [1.807, 2.05) is 6.92 Å². The molecule has 0 aliphatic carbocycles. The minimum atomic E-state index is -0.268. The Morgan fingerprint density at radius 3 is 2.62 bits per heavy atom. The van der Waals surface area contributed by atoms with E-state index in [0.29, 0.717) is 18.8 Å². The van der Waals surface area contributed by atoms with Gasteiger partial charge in [-0.3, -0.25) is 9.59 Å². The molecule has 0 aromatic heterocycles. The maximum Gasteiger partial charge on any atom is 0.244 e. The number of alkyl halides is 1. The van der Waals surface area contributed by atoms with Crippen molar-refractivity contribution in [1.82, 2.24) is 9.80 Å². The van der Waals surface area contributed by atoms with Crippen molar-refractivity contribution in [3.8, 4) is 0 Å². The van der Waals surface area contributed by atoms with Gasteiger partial charge in [0.25, 0.3) is 0 Å². The maximum atomic E-state index is 11.9. The Morgan fingerprint density at radius 1 is 1.62 bits per heavy atom. The number of amides is 2. The molecule has 1 saturated heterocycles. The van der Waals surface area contributed by atoms with Crippen LogP contribution in [0.1, 0.15) is 19.8 Å². The highest BCUT2D eigenvalue weighted by Gasteiger charge is 2.36. The van der Waals surface area contributed by atoms with E-state index in [1.165, 1.54) is 0 Å². The van der Waals surface area contributed by atoms with Gasteiger partial charge in [0.1, 0.15) is 6.04 Å². The Bertz CT molecular complexity index is 281. The number of nitrogens with zero attached hydrogens (tertiary/aromatic N) is 2. The highest BCUT2D eigenvalue weighted by atomic mass is 127. The average molecular weight is 338 g/mol. The van der Waals surface area contributed by atoms with E-state index in [-0.39, 0.29) is 17.9 Å². The smallest absolute Gasteiger partial charge is 0.244 e. The molecule has 5 heteroatoms. The van der Waals surface area contributed by atoms with Crippen LogP contribution in [0, 0.1) is 5.92 Å². The van der Waals surface area contributed by atoms with Crippen LogP contribution in [0.3, 0.4) is 0 Å². The maximum absolute atomic E-state index is 11.9. The Hall–Kier alpha value is -0.330. The minimum absolute atomic E-state index is 0.0324. The Labute approximate surface area is 110 Å². The van der Waals surface area contributed by atoms with E-state index in [0.717, 1.165) is 11.0 Å². The average Bonchev–Trinajstić information content (AvgIpc) is 2.61. The number of hydrogen-bond donors (Lipinski definition) is 0. The standard InChI is InChI=1S/C11H19IN2O2/c1-4-9(11(16)13(2)3)14-7-8(6-12)5-10(14)15/h8-9H,4-7H2,1-3H3/t8-,9-/m0/s1. The summed E-state index contributed by atoms with van der Waals surface area (Å²) in [5.41, 5.74) is 0. The highest BCUT2D eigenvalue weighted by molar-refractivity contribution is 14.1. The lowest BCUT2D eigenvalue weighted by molar-refractivity contribution is -0.142. The van der Waals surface area contributed by atoms with Gasteiger partial charge in [0, 0.05) is 31.5 Å². The lowest BCUT2D eigenvalue weighted by atomic mass is 10.1. The summed E-state index contributed by atoms with van der Waals surface area (Å²) in [6.07, 6.45) is 1.29. The van der Waals surface area contributed by atoms with Crippen LogP contribution in [0.4, 0.5) is 0 Å². The van der Waals surface area contributed by atoms with Gasteiger partial charge in [-0.05, 0) is 12.3 Å². The largest absolute Gasteiger partial charge is 0.347 e. The third-order valence-electron chi connectivity index (χ3n) is 2.95. The molecule has 0 N–H and O–H groups in total. The van der Waals surface area contributed by atoms with Crippen molar-refractivity contribution in [1.29, 1.82) is 0 Å². The summed E-state index contributed by atoms with van der Waals surface area (Å²) in [4.78, 5) is 27.1. The molecule has 0 saturated carbocycles. The zero-order chi connectivity index (χ0) is 12.3. The number of carbonyl (C=O) groups excluding carboxylic acids is 2. The van der Waals surface area contributed by atoms with Crippen LogP contribution < -0.4 is 0 Å². The fourth-order valence-electron chi connectivity index (χ4n) is 2.04. The van der Waals surface area contributed by atoms with Crippen molar-refractivity contribution >= 4 is 34.4 Å². The van der Waals surface area contributed by atoms with Gasteiger partial charge in [0.05, 0.1) is 0 Å². The molecule has 1 aliphatic heterocycles. The normalized spacial score (nSPS) is 22.4. The first kappa shape index (κ1) is 13.7. The fraction of sp³-hybridized carbons (Fsp3) is 0.818. The van der Waals surface area contributed by atoms with E-state index in [9.17, 15) is 9.59 Å². The van der Waals surface area contributed by atoms with Crippen LogP contribution in [-0.2, 0) is 9.59 Å². The lowest BCUT2D eigenvalue weighted by Crippen LogP contribution is -2.46. The van der Waals surface area contributed by atoms with Gasteiger partial charge in [-0.2, -0.15) is 0 Å². The highest BCUT2D eigenvalue weighted by Crippen LogP contribution is 2.23. The van der Waals surface area contributed by atoms with E-state index < -0.39 is 0 Å². The van der Waals surface area contributed by atoms with Crippen molar-refractivity contribution < 1.29 is 9.59 Å². The van der Waals surface area contributed by atoms with Crippen LogP contribution in [0.2, 0.25) is 0 Å². The molecule has 0 aromatic carbocycles. The van der Waals surface area contributed by atoms with Crippen molar-refractivity contribution in [2.24, 2.45) is 5.92 Å². The molecule has 1 fully saturated rings. The molecule has 16 heavy (non-hydrogen) atoms. The van der Waals surface area contributed by atoms with E-state index >= 15 is 0 Å². The molecule has 0 aromatic rings. The third-order valence-corrected chi connectivity index (χ3v) is 4.19. The van der Waals surface area contributed by atoms with Crippen molar-refractivity contribution in [2.45, 2.75) is 25.8 Å². The molecule has 0 unspecified atom stereocenters. The number of likely N-dealkylation sites (N-methyl/N-ethyl adjacent to an activating group) is 1. The van der Waals surface area contributed by atoms with Gasteiger partial charge < -0.3 is 9.80 Å². The van der Waals surface area contributed by atoms with Crippen LogP contribution in [0.25, 0.3) is 0 Å². The van der Waals surface area contributed by atoms with Crippen LogP contribution in [0.15, 0.2) is 0 Å². The molecule has 2 amide bonds. The Kier molecular flexibility index (Phi) is 5.01. The third kappa shape index (κ3) is 2.87. The second-order valence-corrected chi connectivity index (χ2v) is 5.31. The molecule has 0 spiro atoms. The van der Waals surface area contributed by atoms with Gasteiger partial charge in [0.2, 0.25) is 11.8 Å². The van der Waals surface area contributed by atoms with E-state index in [1.54, 1.807) is 23.9 Å². The fourth-order valence-corrected chi connectivity index (χ4v) is 2.63. The molecule has 2 atom stereocenters. The topological polar surface area (TPSA) is 40.6 Å². The van der Waals surface area contributed by atoms with E-state index in [2.05, 4.69) is 22.6 Å². The summed E-state index contributed by atoms with van der Waals surface area (Å²) in [7, 11) is 3.47. The minimum Gasteiger partial charge on any atom is -0.347 e. The van der Waals surface area contributed by atoms with Gasteiger partial charge in [0.15, 0.2) is 0 Å². The van der Waals surface area contributed by atoms with Crippen LogP contribution in [-0.4, -0.2) is 52.7 Å². The number of rotatable bonds is 4. The molecular weight excluding hydrogens is 319 g/mol. The zero-order valence-corrected chi connectivity index (χ0v) is 12.2. The second-order valence-electron chi connectivity index (χ2n) is 4.43. The SMILES string of the molecule is CC[C@@H](C(=O)N(C)C)N1C[C@H](CI)CC1=O. The molecule has 1 rings (SSSR count). The monoisotopic (exact) mass is 338 g/mol. The van der Waals surface area contributed by atoms with Crippen molar-refractivity contribution in [2.75, 3.05) is 25.1 Å². The molecule has 92 valence electrons. The molecular formula is C11H19IN2O2. The van der Waals surface area contributed by atoms with Crippen molar-refractivity contribution in [3.63, 3.8) is 0 Å². The first-order chi connectivity index (χ1) is 7.51. The molecule has 1 aliphatic rings. The quantitative estimate of drug-likeness (QED) is 0.570. The summed E-state index contributed by atoms with van der Waals surface area (Å²) in [6, 6.07) is -0.268. The number of halogens is 1. The number of likely N-dealkylation sites (tertiary alicyclic amines) is 1. The lowest BCUT2D eigenvalue weighted by Gasteiger charge is -2.28. The summed E-state index contributed by atoms with van der Waals surface area (Å²) in [6.45, 7) is 2.69. The van der Waals surface area contributed by atoms with Gasteiger partial charge in [-0.1, -0.05) is 29.5 Å². The van der Waals surface area contributed by atoms with Gasteiger partial charge in [-0.15, -0.1) is 0 Å².